The molecule has 0 aliphatic heterocycles. The molecule has 0 heterocycles. The molecule has 0 fully saturated rings. The van der Waals surface area contributed by atoms with Gasteiger partial charge < -0.3 is 85.9 Å². The van der Waals surface area contributed by atoms with Crippen molar-refractivity contribution in [2.24, 2.45) is 74.4 Å². The first-order valence-electron chi connectivity index (χ1n) is 42.8. The molecule has 29 heteroatoms. The number of carbonyl (C=O) groups excluding carboxylic acids is 12. The lowest BCUT2D eigenvalue weighted by Crippen LogP contribution is -2.44. The molecule has 6 atom stereocenters. The third-order valence-corrected chi connectivity index (χ3v) is 22.9. The molecule has 7 amide bonds. The van der Waals surface area contributed by atoms with Gasteiger partial charge in [-0.25, -0.2) is 0 Å². The molecule has 0 saturated carbocycles. The summed E-state index contributed by atoms with van der Waals surface area (Å²) in [6.07, 6.45) is 2.50. The molecule has 9 N–H and O–H groups in total. The van der Waals surface area contributed by atoms with Gasteiger partial charge >= 0.3 is 0 Å². The standard InChI is InChI=1S/C87H163N11O18/c1-23-25-32-90-81(113)69(52-77(109)97(19)43-41-95(17)39-37-93(13)14)56-86(9,10)74(106)49-70(82(114)98(20)44-42-96(18)40-38-94(15)16)53-83(3,4)58-71(103)66(50-75(107)88-33-28-26-30-63(59-99)60-100)54-84(5,6)73(105)48-68(80(112)91-34-29-27-31-64(61-101)62-102)57-87(11,12)78(110)67(51-76(108)89-35-45-115-21)55-85(7,8)72(104)47-65(24-2)79(111)92-36-46-116-22/h63-70,99-102H,23-62H2,1-22H3,(H,88,107)(H,89,108)(H,90,113)(H,91,112)(H,92,111). The number of aliphatic hydroxyl groups excluding tert-OH is 4. The van der Waals surface area contributed by atoms with Gasteiger partial charge in [-0.2, -0.15) is 0 Å². The number of nitrogens with one attached hydrogen (secondary N) is 5. The minimum Gasteiger partial charge on any atom is -0.396 e. The first-order chi connectivity index (χ1) is 54.2. The highest BCUT2D eigenvalue weighted by Gasteiger charge is 2.46. The van der Waals surface area contributed by atoms with E-state index in [9.17, 15) is 54.0 Å². The molecule has 0 aliphatic carbocycles. The zero-order chi connectivity index (χ0) is 88.7. The van der Waals surface area contributed by atoms with Gasteiger partial charge in [0.15, 0.2) is 0 Å². The number of aliphatic hydroxyl groups is 4. The fourth-order valence-electron chi connectivity index (χ4n) is 14.6. The molecular formula is C87H163N11O18. The number of hydrogen-bond acceptors (Lipinski definition) is 22. The SMILES string of the molecule is CCCCNC(=O)C(CC(=O)N(C)CCN(C)CCN(C)C)CC(C)(C)C(=O)CC(CC(C)(C)CC(=O)C(CC(=O)NCCCCC(CO)CO)CC(C)(C)C(=O)CC(CC(C)(C)C(=O)C(CC(=O)NCCOC)CC(C)(C)C(=O)CC(CC)C(=O)NCCOC)C(=O)NCCCCC(CO)CO)C(=O)N(C)CCN(C)CCN(C)C. The van der Waals surface area contributed by atoms with Crippen LogP contribution in [0.1, 0.15) is 218 Å². The Hall–Kier alpha value is -5.76. The third-order valence-electron chi connectivity index (χ3n) is 22.9. The summed E-state index contributed by atoms with van der Waals surface area (Å²) < 4.78 is 10.3. The fraction of sp³-hybridized carbons (Fsp3) is 0.862. The van der Waals surface area contributed by atoms with E-state index < -0.39 is 104 Å². The number of Topliss-reactive ketones (excluding diaryl/α,β-unsaturated/α-hetero) is 5. The molecule has 674 valence electrons. The van der Waals surface area contributed by atoms with Gasteiger partial charge in [-0.15, -0.1) is 0 Å². The minimum atomic E-state index is -1.45. The van der Waals surface area contributed by atoms with Crippen molar-refractivity contribution >= 4 is 70.3 Å². The average molecular weight is 1650 g/mol. The predicted octanol–water partition coefficient (Wildman–Crippen LogP) is 5.87. The van der Waals surface area contributed by atoms with Crippen LogP contribution in [0.4, 0.5) is 0 Å². The van der Waals surface area contributed by atoms with Crippen molar-refractivity contribution in [2.45, 2.75) is 218 Å². The lowest BCUT2D eigenvalue weighted by molar-refractivity contribution is -0.142. The van der Waals surface area contributed by atoms with E-state index in [1.54, 1.807) is 86.2 Å². The second kappa shape index (κ2) is 57.5. The normalized spacial score (nSPS) is 14.0. The van der Waals surface area contributed by atoms with Crippen LogP contribution in [0.15, 0.2) is 0 Å². The zero-order valence-electron chi connectivity index (χ0n) is 76.1. The predicted molar refractivity (Wildman–Crippen MR) is 455 cm³/mol. The summed E-state index contributed by atoms with van der Waals surface area (Å²) in [6, 6.07) is 0. The van der Waals surface area contributed by atoms with E-state index in [-0.39, 0.29) is 183 Å². The van der Waals surface area contributed by atoms with E-state index in [1.165, 1.54) is 14.2 Å². The molecule has 0 aromatic heterocycles. The average Bonchev–Trinajstić information content (AvgIpc) is 0.810. The van der Waals surface area contributed by atoms with Crippen molar-refractivity contribution in [3.8, 4) is 0 Å². The molecule has 0 radical (unpaired) electrons. The van der Waals surface area contributed by atoms with Crippen LogP contribution in [0.2, 0.25) is 0 Å². The Morgan fingerprint density at radius 1 is 0.371 bits per heavy atom. The van der Waals surface area contributed by atoms with Crippen LogP contribution in [0.25, 0.3) is 0 Å². The summed E-state index contributed by atoms with van der Waals surface area (Å²) in [6.45, 7) is 26.5. The number of rotatable bonds is 70. The number of ether oxygens (including phenoxy) is 2. The number of methoxy groups -OCH3 is 2. The Labute approximate surface area is 698 Å². The van der Waals surface area contributed by atoms with Gasteiger partial charge in [0, 0.05) is 254 Å². The Morgan fingerprint density at radius 2 is 0.733 bits per heavy atom. The summed E-state index contributed by atoms with van der Waals surface area (Å²) in [4.78, 5) is 187. The van der Waals surface area contributed by atoms with Gasteiger partial charge in [-0.3, -0.25) is 57.5 Å². The second-order valence-electron chi connectivity index (χ2n) is 37.0. The maximum absolute atomic E-state index is 15.6. The number of nitrogens with zero attached hydrogens (tertiary/aromatic N) is 6. The molecule has 116 heavy (non-hydrogen) atoms. The van der Waals surface area contributed by atoms with Gasteiger partial charge in [-0.05, 0) is 118 Å². The largest absolute Gasteiger partial charge is 0.396 e. The number of hydrogen-bond donors (Lipinski definition) is 9. The summed E-state index contributed by atoms with van der Waals surface area (Å²) in [5.74, 6) is -11.4. The molecule has 0 rings (SSSR count). The van der Waals surface area contributed by atoms with E-state index in [0.29, 0.717) is 84.1 Å². The van der Waals surface area contributed by atoms with Gasteiger partial charge in [0.2, 0.25) is 41.4 Å². The van der Waals surface area contributed by atoms with E-state index in [2.05, 4.69) is 46.2 Å². The Bertz CT molecular complexity index is 2940. The monoisotopic (exact) mass is 1650 g/mol. The zero-order valence-corrected chi connectivity index (χ0v) is 76.1. The lowest BCUT2D eigenvalue weighted by atomic mass is 9.67. The van der Waals surface area contributed by atoms with E-state index in [1.807, 2.05) is 63.1 Å². The lowest BCUT2D eigenvalue weighted by Gasteiger charge is -2.36. The molecule has 6 unspecified atom stereocenters. The third kappa shape index (κ3) is 45.6. The van der Waals surface area contributed by atoms with Crippen molar-refractivity contribution in [1.82, 2.24) is 56.0 Å². The number of carbonyl (C=O) groups is 12. The number of unbranched alkanes of at least 4 members (excludes halogenated alkanes) is 3. The van der Waals surface area contributed by atoms with E-state index >= 15 is 24.0 Å². The summed E-state index contributed by atoms with van der Waals surface area (Å²) in [5.41, 5.74) is -6.42. The molecule has 29 nitrogen and oxygen atoms in total. The van der Waals surface area contributed by atoms with Crippen molar-refractivity contribution in [3.63, 3.8) is 0 Å². The van der Waals surface area contributed by atoms with Gasteiger partial charge in [0.1, 0.15) is 28.9 Å². The maximum atomic E-state index is 15.6. The van der Waals surface area contributed by atoms with Crippen molar-refractivity contribution in [1.29, 1.82) is 0 Å². The first-order valence-corrected chi connectivity index (χ1v) is 42.8. The fourth-order valence-corrected chi connectivity index (χ4v) is 14.6. The molecular weight excluding hydrogens is 1490 g/mol. The highest BCUT2D eigenvalue weighted by Crippen LogP contribution is 2.42. The Balaban J connectivity index is 8.09. The van der Waals surface area contributed by atoms with Crippen LogP contribution in [0.5, 0.6) is 0 Å². The van der Waals surface area contributed by atoms with Crippen LogP contribution in [0, 0.1) is 74.4 Å². The minimum absolute atomic E-state index is 0.00423. The second-order valence-corrected chi connectivity index (χ2v) is 37.0. The van der Waals surface area contributed by atoms with Crippen LogP contribution in [-0.2, 0) is 67.0 Å². The molecule has 0 aromatic rings. The molecule has 0 aromatic carbocycles. The van der Waals surface area contributed by atoms with Crippen LogP contribution in [0.3, 0.4) is 0 Å². The smallest absolute Gasteiger partial charge is 0.225 e. The van der Waals surface area contributed by atoms with Gasteiger partial charge in [-0.1, -0.05) is 102 Å². The van der Waals surface area contributed by atoms with Crippen molar-refractivity contribution < 1.29 is 87.4 Å². The van der Waals surface area contributed by atoms with Crippen LogP contribution < -0.4 is 26.6 Å². The maximum Gasteiger partial charge on any atom is 0.225 e. The van der Waals surface area contributed by atoms with Crippen LogP contribution in [-0.4, -0.2) is 315 Å². The molecule has 0 aliphatic rings. The Morgan fingerprint density at radius 3 is 1.18 bits per heavy atom. The number of ketones is 5. The molecule has 0 bridgehead atoms. The number of amides is 7. The van der Waals surface area contributed by atoms with Gasteiger partial charge in [0.25, 0.3) is 0 Å². The summed E-state index contributed by atoms with van der Waals surface area (Å²) in [5, 5.41) is 53.4. The van der Waals surface area contributed by atoms with Gasteiger partial charge in [0.05, 0.1) is 13.2 Å². The first kappa shape index (κ1) is 110. The highest BCUT2D eigenvalue weighted by atomic mass is 16.5. The Kier molecular flexibility index (Phi) is 54.6. The van der Waals surface area contributed by atoms with Crippen LogP contribution >= 0.6 is 0 Å². The van der Waals surface area contributed by atoms with Crippen molar-refractivity contribution in [2.75, 3.05) is 195 Å². The van der Waals surface area contributed by atoms with Crippen molar-refractivity contribution in [3.05, 3.63) is 0 Å². The van der Waals surface area contributed by atoms with E-state index in [4.69, 9.17) is 9.47 Å². The van der Waals surface area contributed by atoms with E-state index in [0.717, 1.165) is 32.6 Å². The highest BCUT2D eigenvalue weighted by molar-refractivity contribution is 5.96. The number of likely N-dealkylation sites (N-methyl/N-ethyl adjacent to an activating group) is 6. The summed E-state index contributed by atoms with van der Waals surface area (Å²) >= 11 is 0. The molecule has 0 spiro atoms. The molecule has 0 saturated heterocycles. The topological polar surface area (TPSA) is 384 Å². The quantitative estimate of drug-likeness (QED) is 0.0321. The summed E-state index contributed by atoms with van der Waals surface area (Å²) in [7, 11) is 18.3.